The molecule has 10 heavy (non-hydrogen) atoms. The van der Waals surface area contributed by atoms with Crippen LogP contribution < -0.4 is 51.4 Å². The number of methoxy groups -OCH3 is 1. The fraction of sp³-hybridized carbons (Fsp3) is 0.286. The third kappa shape index (κ3) is 8.59. The summed E-state index contributed by atoms with van der Waals surface area (Å²) in [5.41, 5.74) is 0. The Balaban J connectivity index is -0.000000320. The molecule has 0 amide bonds. The van der Waals surface area contributed by atoms with E-state index in [1.54, 1.807) is 12.2 Å². The van der Waals surface area contributed by atoms with Crippen LogP contribution >= 0.6 is 0 Å². The summed E-state index contributed by atoms with van der Waals surface area (Å²) in [5, 5.41) is 0. The van der Waals surface area contributed by atoms with Gasteiger partial charge in [0.15, 0.2) is 0 Å². The van der Waals surface area contributed by atoms with E-state index in [1.165, 1.54) is 13.2 Å². The zero-order valence-corrected chi connectivity index (χ0v) is 9.75. The van der Waals surface area contributed by atoms with Gasteiger partial charge in [0.25, 0.3) is 0 Å². The van der Waals surface area contributed by atoms with E-state index in [9.17, 15) is 4.79 Å². The zero-order chi connectivity index (χ0) is 7.11. The Labute approximate surface area is 105 Å². The van der Waals surface area contributed by atoms with E-state index in [0.29, 0.717) is 0 Å². The van der Waals surface area contributed by atoms with E-state index in [0.717, 1.165) is 0 Å². The van der Waals surface area contributed by atoms with Crippen molar-refractivity contribution in [3.63, 3.8) is 0 Å². The molecule has 0 bridgehead atoms. The van der Waals surface area contributed by atoms with Crippen LogP contribution in [0, 0.1) is 0 Å². The van der Waals surface area contributed by atoms with Crippen molar-refractivity contribution < 1.29 is 62.3 Å². The normalized spacial score (nSPS) is 9.80. The fourth-order valence-electron chi connectivity index (χ4n) is 0.313. The van der Waals surface area contributed by atoms with E-state index in [1.807, 2.05) is 13.0 Å². The largest absolute Gasteiger partial charge is 1.00 e. The summed E-state index contributed by atoms with van der Waals surface area (Å²) in [5.74, 6) is -0.326. The van der Waals surface area contributed by atoms with Gasteiger partial charge in [-0.05, 0) is 6.92 Å². The molecule has 52 valence electrons. The molecule has 0 N–H and O–H groups in total. The molecule has 0 heterocycles. The van der Waals surface area contributed by atoms with Crippen molar-refractivity contribution >= 4 is 5.97 Å². The molecule has 0 fully saturated rings. The number of rotatable bonds is 2. The monoisotopic (exact) mass is 166 g/mol. The summed E-state index contributed by atoms with van der Waals surface area (Å²) >= 11 is 0. The minimum Gasteiger partial charge on any atom is -1.00 e. The molecule has 0 aliphatic heterocycles. The van der Waals surface area contributed by atoms with Gasteiger partial charge in [0, 0.05) is 6.08 Å². The molecular weight excluding hydrogens is 155 g/mol. The molecular formula is C7H11KO2. The van der Waals surface area contributed by atoms with E-state index < -0.39 is 0 Å². The van der Waals surface area contributed by atoms with Crippen molar-refractivity contribution in [1.82, 2.24) is 0 Å². The molecule has 0 radical (unpaired) electrons. The second-order valence-electron chi connectivity index (χ2n) is 1.41. The molecule has 0 aliphatic carbocycles. The molecule has 0 aromatic heterocycles. The zero-order valence-electron chi connectivity index (χ0n) is 7.63. The van der Waals surface area contributed by atoms with Crippen LogP contribution in [0.1, 0.15) is 8.35 Å². The average molecular weight is 166 g/mol. The maximum Gasteiger partial charge on any atom is 1.00 e. The standard InChI is InChI=1S/C7H10O2.K.H/c1-3-4-5-6-7(8)9-2;;/h3-6H,1-2H3;;/q;+1;-1. The number of hydrogen-bond acceptors (Lipinski definition) is 2. The first-order valence-corrected chi connectivity index (χ1v) is 2.68. The van der Waals surface area contributed by atoms with Crippen LogP contribution in [-0.2, 0) is 9.53 Å². The maximum atomic E-state index is 10.3. The smallest absolute Gasteiger partial charge is 1.00 e. The third-order valence-electron chi connectivity index (χ3n) is 0.737. The van der Waals surface area contributed by atoms with Crippen LogP contribution in [0.25, 0.3) is 0 Å². The molecule has 0 spiro atoms. The van der Waals surface area contributed by atoms with Crippen molar-refractivity contribution in [2.24, 2.45) is 0 Å². The van der Waals surface area contributed by atoms with Gasteiger partial charge in [-0.2, -0.15) is 0 Å². The molecule has 0 aromatic rings. The molecule has 0 saturated heterocycles. The summed E-state index contributed by atoms with van der Waals surface area (Å²) in [6.45, 7) is 1.88. The first-order chi connectivity index (χ1) is 4.31. The Morgan fingerprint density at radius 2 is 2.10 bits per heavy atom. The Morgan fingerprint density at radius 1 is 1.50 bits per heavy atom. The summed E-state index contributed by atoms with van der Waals surface area (Å²) < 4.78 is 4.34. The van der Waals surface area contributed by atoms with Gasteiger partial charge in [0.05, 0.1) is 7.11 Å². The first-order valence-electron chi connectivity index (χ1n) is 2.68. The van der Waals surface area contributed by atoms with Crippen molar-refractivity contribution in [1.29, 1.82) is 0 Å². The summed E-state index contributed by atoms with van der Waals surface area (Å²) in [6.07, 6.45) is 6.59. The van der Waals surface area contributed by atoms with Crippen molar-refractivity contribution in [2.75, 3.05) is 7.11 Å². The predicted molar refractivity (Wildman–Crippen MR) is 37.1 cm³/mol. The molecule has 0 aromatic carbocycles. The van der Waals surface area contributed by atoms with Gasteiger partial charge in [-0.3, -0.25) is 0 Å². The van der Waals surface area contributed by atoms with Crippen LogP contribution in [0.2, 0.25) is 0 Å². The molecule has 0 aliphatic rings. The second kappa shape index (κ2) is 9.59. The summed E-state index contributed by atoms with van der Waals surface area (Å²) in [7, 11) is 1.35. The van der Waals surface area contributed by atoms with E-state index in [2.05, 4.69) is 4.74 Å². The van der Waals surface area contributed by atoms with Gasteiger partial charge >= 0.3 is 57.4 Å². The van der Waals surface area contributed by atoms with Crippen molar-refractivity contribution in [2.45, 2.75) is 6.92 Å². The Bertz CT molecular complexity index is 143. The predicted octanol–water partition coefficient (Wildman–Crippen LogP) is -1.59. The van der Waals surface area contributed by atoms with E-state index in [4.69, 9.17) is 0 Å². The number of carbonyl (C=O) groups excluding carboxylic acids is 1. The minimum absolute atomic E-state index is 0. The van der Waals surface area contributed by atoms with Gasteiger partial charge in [-0.15, -0.1) is 0 Å². The molecule has 0 unspecified atom stereocenters. The number of ether oxygens (including phenoxy) is 1. The summed E-state index contributed by atoms with van der Waals surface area (Å²) in [6, 6.07) is 0. The Kier molecular flexibility index (Phi) is 12.6. The van der Waals surface area contributed by atoms with Crippen LogP contribution in [-0.4, -0.2) is 13.1 Å². The number of allylic oxidation sites excluding steroid dienone is 3. The second-order valence-corrected chi connectivity index (χ2v) is 1.41. The first kappa shape index (κ1) is 13.2. The van der Waals surface area contributed by atoms with Crippen molar-refractivity contribution in [3.8, 4) is 0 Å². The van der Waals surface area contributed by atoms with Gasteiger partial charge in [-0.1, -0.05) is 18.2 Å². The van der Waals surface area contributed by atoms with Crippen LogP contribution in [0.4, 0.5) is 0 Å². The quantitative estimate of drug-likeness (QED) is 0.214. The topological polar surface area (TPSA) is 26.3 Å². The maximum absolute atomic E-state index is 10.3. The fourth-order valence-corrected chi connectivity index (χ4v) is 0.313. The SMILES string of the molecule is CC=CC=CC(=O)OC.[H-].[K+]. The van der Waals surface area contributed by atoms with Gasteiger partial charge < -0.3 is 6.16 Å². The van der Waals surface area contributed by atoms with Gasteiger partial charge in [-0.25, -0.2) is 4.79 Å². The van der Waals surface area contributed by atoms with Crippen LogP contribution in [0.5, 0.6) is 0 Å². The van der Waals surface area contributed by atoms with Crippen molar-refractivity contribution in [3.05, 3.63) is 24.3 Å². The number of carbonyl (C=O) groups is 1. The Morgan fingerprint density at radius 3 is 2.50 bits per heavy atom. The van der Waals surface area contributed by atoms with E-state index >= 15 is 0 Å². The van der Waals surface area contributed by atoms with Crippen LogP contribution in [0.3, 0.4) is 0 Å². The van der Waals surface area contributed by atoms with Gasteiger partial charge in [0.1, 0.15) is 0 Å². The molecule has 0 rings (SSSR count). The van der Waals surface area contributed by atoms with Crippen LogP contribution in [0.15, 0.2) is 24.3 Å². The average Bonchev–Trinajstić information content (AvgIpc) is 1.89. The molecule has 2 nitrogen and oxygen atoms in total. The third-order valence-corrected chi connectivity index (χ3v) is 0.737. The molecule has 3 heteroatoms. The molecule has 0 saturated carbocycles. The number of esters is 1. The van der Waals surface area contributed by atoms with Gasteiger partial charge in [0.2, 0.25) is 0 Å². The molecule has 0 atom stereocenters. The number of hydrogen-bond donors (Lipinski definition) is 0. The summed E-state index contributed by atoms with van der Waals surface area (Å²) in [4.78, 5) is 10.3. The Hall–Kier alpha value is 0.586. The van der Waals surface area contributed by atoms with E-state index in [-0.39, 0.29) is 58.8 Å². The minimum atomic E-state index is -0.326.